The number of fused-ring (bicyclic) bond motifs is 1. The van der Waals surface area contributed by atoms with Crippen LogP contribution in [0.2, 0.25) is 0 Å². The van der Waals surface area contributed by atoms with Crippen LogP contribution in [0.4, 0.5) is 4.39 Å². The number of halogens is 2. The summed E-state index contributed by atoms with van der Waals surface area (Å²) in [4.78, 5) is 11.5. The lowest BCUT2D eigenvalue weighted by Gasteiger charge is -2.04. The third-order valence-electron chi connectivity index (χ3n) is 2.32. The standard InChI is InChI=1S/C10H5BrFNO/c11-8-3-1-2-6-7(8)4-10(12,5-13)9(6)14/h1-3H,4H2. The Kier molecular flexibility index (Phi) is 1.93. The van der Waals surface area contributed by atoms with Crippen molar-refractivity contribution in [2.75, 3.05) is 0 Å². The van der Waals surface area contributed by atoms with Crippen molar-refractivity contribution in [3.63, 3.8) is 0 Å². The highest BCUT2D eigenvalue weighted by molar-refractivity contribution is 9.10. The Balaban J connectivity index is 2.63. The highest BCUT2D eigenvalue weighted by atomic mass is 79.9. The van der Waals surface area contributed by atoms with Crippen LogP contribution >= 0.6 is 15.9 Å². The van der Waals surface area contributed by atoms with E-state index in [0.29, 0.717) is 15.6 Å². The summed E-state index contributed by atoms with van der Waals surface area (Å²) in [5.74, 6) is -0.726. The largest absolute Gasteiger partial charge is 0.289 e. The summed E-state index contributed by atoms with van der Waals surface area (Å²) in [6.07, 6.45) is -0.154. The fourth-order valence-corrected chi connectivity index (χ4v) is 2.09. The molecule has 0 heterocycles. The maximum atomic E-state index is 13.7. The van der Waals surface area contributed by atoms with Gasteiger partial charge in [0.25, 0.3) is 5.67 Å². The molecule has 1 atom stereocenters. The molecule has 70 valence electrons. The van der Waals surface area contributed by atoms with E-state index in [9.17, 15) is 9.18 Å². The van der Waals surface area contributed by atoms with Crippen LogP contribution in [0.15, 0.2) is 22.7 Å². The number of carbonyl (C=O) groups excluding carboxylic acids is 1. The number of benzene rings is 1. The second kappa shape index (κ2) is 2.89. The van der Waals surface area contributed by atoms with E-state index in [1.807, 2.05) is 0 Å². The Labute approximate surface area is 88.5 Å². The number of carbonyl (C=O) groups is 1. The summed E-state index contributed by atoms with van der Waals surface area (Å²) in [5, 5.41) is 8.60. The van der Waals surface area contributed by atoms with Crippen molar-refractivity contribution < 1.29 is 9.18 Å². The SMILES string of the molecule is N#CC1(F)Cc2c(Br)cccc2C1=O. The number of hydrogen-bond acceptors (Lipinski definition) is 2. The van der Waals surface area contributed by atoms with E-state index in [0.717, 1.165) is 0 Å². The van der Waals surface area contributed by atoms with Crippen molar-refractivity contribution in [3.8, 4) is 6.07 Å². The second-order valence-corrected chi connectivity index (χ2v) is 4.04. The molecule has 1 aromatic rings. The Morgan fingerprint density at radius 3 is 2.86 bits per heavy atom. The first-order valence-electron chi connectivity index (χ1n) is 4.01. The molecule has 4 heteroatoms. The summed E-state index contributed by atoms with van der Waals surface area (Å²) in [7, 11) is 0. The van der Waals surface area contributed by atoms with Gasteiger partial charge in [-0.15, -0.1) is 0 Å². The maximum absolute atomic E-state index is 13.7. The van der Waals surface area contributed by atoms with Crippen molar-refractivity contribution >= 4 is 21.7 Å². The normalized spacial score (nSPS) is 24.5. The monoisotopic (exact) mass is 253 g/mol. The van der Waals surface area contributed by atoms with Crippen molar-refractivity contribution in [1.29, 1.82) is 5.26 Å². The third-order valence-corrected chi connectivity index (χ3v) is 3.06. The molecule has 0 aromatic heterocycles. The van der Waals surface area contributed by atoms with Crippen LogP contribution in [0.1, 0.15) is 15.9 Å². The summed E-state index contributed by atoms with van der Waals surface area (Å²) in [5.41, 5.74) is -1.48. The molecule has 0 amide bonds. The van der Waals surface area contributed by atoms with Gasteiger partial charge in [-0.3, -0.25) is 4.79 Å². The molecule has 0 fully saturated rings. The van der Waals surface area contributed by atoms with Crippen LogP contribution in [0.5, 0.6) is 0 Å². The fourth-order valence-electron chi connectivity index (χ4n) is 1.58. The number of alkyl halides is 1. The fraction of sp³-hybridized carbons (Fsp3) is 0.200. The molecule has 2 rings (SSSR count). The van der Waals surface area contributed by atoms with Gasteiger partial charge in [-0.25, -0.2) is 4.39 Å². The molecule has 0 saturated heterocycles. The Hall–Kier alpha value is -1.21. The van der Waals surface area contributed by atoms with Gasteiger partial charge in [0.2, 0.25) is 5.78 Å². The number of hydrogen-bond donors (Lipinski definition) is 0. The Bertz CT molecular complexity index is 466. The molecule has 0 saturated carbocycles. The number of rotatable bonds is 0. The highest BCUT2D eigenvalue weighted by Gasteiger charge is 2.47. The van der Waals surface area contributed by atoms with E-state index in [4.69, 9.17) is 5.26 Å². The van der Waals surface area contributed by atoms with Gasteiger partial charge in [0.1, 0.15) is 6.07 Å². The lowest BCUT2D eigenvalue weighted by Crippen LogP contribution is -2.27. The summed E-state index contributed by atoms with van der Waals surface area (Å²) in [6.45, 7) is 0. The second-order valence-electron chi connectivity index (χ2n) is 3.18. The van der Waals surface area contributed by atoms with Crippen LogP contribution < -0.4 is 0 Å². The van der Waals surface area contributed by atoms with Gasteiger partial charge in [-0.05, 0) is 11.6 Å². The zero-order valence-electron chi connectivity index (χ0n) is 7.05. The summed E-state index contributed by atoms with van der Waals surface area (Å²) >= 11 is 3.23. The summed E-state index contributed by atoms with van der Waals surface area (Å²) < 4.78 is 14.4. The van der Waals surface area contributed by atoms with Gasteiger partial charge >= 0.3 is 0 Å². The quantitative estimate of drug-likeness (QED) is 0.713. The highest BCUT2D eigenvalue weighted by Crippen LogP contribution is 2.36. The minimum Gasteiger partial charge on any atom is -0.289 e. The van der Waals surface area contributed by atoms with Crippen LogP contribution in [0, 0.1) is 11.3 Å². The van der Waals surface area contributed by atoms with Gasteiger partial charge in [0.15, 0.2) is 0 Å². The van der Waals surface area contributed by atoms with Gasteiger partial charge in [0.05, 0.1) is 0 Å². The predicted octanol–water partition coefficient (Wildman–Crippen LogP) is 2.42. The Morgan fingerprint density at radius 2 is 2.29 bits per heavy atom. The Morgan fingerprint density at radius 1 is 1.57 bits per heavy atom. The first-order valence-corrected chi connectivity index (χ1v) is 4.80. The zero-order valence-corrected chi connectivity index (χ0v) is 8.64. The maximum Gasteiger partial charge on any atom is 0.261 e. The van der Waals surface area contributed by atoms with E-state index < -0.39 is 11.5 Å². The molecular formula is C10H5BrFNO. The van der Waals surface area contributed by atoms with Crippen LogP contribution in [0.3, 0.4) is 0 Å². The first kappa shape index (κ1) is 9.35. The minimum absolute atomic E-state index is 0.154. The molecule has 0 N–H and O–H groups in total. The third kappa shape index (κ3) is 1.09. The van der Waals surface area contributed by atoms with E-state index >= 15 is 0 Å². The molecule has 2 nitrogen and oxygen atoms in total. The number of Topliss-reactive ketones (excluding diaryl/α,β-unsaturated/α-hetero) is 1. The average Bonchev–Trinajstić information content (AvgIpc) is 2.44. The van der Waals surface area contributed by atoms with Gasteiger partial charge in [-0.1, -0.05) is 28.1 Å². The number of nitriles is 1. The molecule has 1 aliphatic rings. The molecule has 0 spiro atoms. The predicted molar refractivity (Wildman–Crippen MR) is 51.6 cm³/mol. The smallest absolute Gasteiger partial charge is 0.261 e. The molecule has 1 unspecified atom stereocenters. The first-order chi connectivity index (χ1) is 6.58. The summed E-state index contributed by atoms with van der Waals surface area (Å²) in [6, 6.07) is 6.36. The molecular weight excluding hydrogens is 249 g/mol. The lowest BCUT2D eigenvalue weighted by atomic mass is 10.0. The van der Waals surface area contributed by atoms with Gasteiger partial charge < -0.3 is 0 Å². The molecule has 14 heavy (non-hydrogen) atoms. The lowest BCUT2D eigenvalue weighted by molar-refractivity contribution is 0.0820. The van der Waals surface area contributed by atoms with E-state index in [1.165, 1.54) is 6.07 Å². The van der Waals surface area contributed by atoms with Crippen LogP contribution in [0.25, 0.3) is 0 Å². The number of nitrogens with zero attached hydrogens (tertiary/aromatic N) is 1. The zero-order chi connectivity index (χ0) is 10.3. The molecule has 0 radical (unpaired) electrons. The van der Waals surface area contributed by atoms with Crippen molar-refractivity contribution in [2.24, 2.45) is 0 Å². The van der Waals surface area contributed by atoms with Gasteiger partial charge in [0, 0.05) is 16.5 Å². The van der Waals surface area contributed by atoms with Crippen molar-refractivity contribution in [2.45, 2.75) is 12.1 Å². The van der Waals surface area contributed by atoms with E-state index in [1.54, 1.807) is 18.2 Å². The van der Waals surface area contributed by atoms with E-state index in [2.05, 4.69) is 15.9 Å². The molecule has 1 aliphatic carbocycles. The molecule has 1 aromatic carbocycles. The van der Waals surface area contributed by atoms with Crippen LogP contribution in [-0.4, -0.2) is 11.5 Å². The topological polar surface area (TPSA) is 40.9 Å². The molecule has 0 bridgehead atoms. The minimum atomic E-state index is -2.37. The van der Waals surface area contributed by atoms with Crippen molar-refractivity contribution in [1.82, 2.24) is 0 Å². The van der Waals surface area contributed by atoms with Crippen LogP contribution in [-0.2, 0) is 6.42 Å². The van der Waals surface area contributed by atoms with Crippen molar-refractivity contribution in [3.05, 3.63) is 33.8 Å². The van der Waals surface area contributed by atoms with Gasteiger partial charge in [-0.2, -0.15) is 5.26 Å². The average molecular weight is 254 g/mol. The van der Waals surface area contributed by atoms with E-state index in [-0.39, 0.29) is 6.42 Å². The molecule has 0 aliphatic heterocycles. The number of ketones is 1.